The number of fused-ring (bicyclic) bond motifs is 1. The number of H-pyrrole nitrogens is 1. The number of pyridine rings is 1. The number of aryl methyl sites for hydroxylation is 1. The molecule has 0 amide bonds. The monoisotopic (exact) mass is 173 g/mol. The maximum Gasteiger partial charge on any atom is 0.181 e. The van der Waals surface area contributed by atoms with E-state index >= 15 is 0 Å². The first-order chi connectivity index (χ1) is 6.34. The summed E-state index contributed by atoms with van der Waals surface area (Å²) in [5.41, 5.74) is 3.32. The molecule has 3 rings (SSSR count). The van der Waals surface area contributed by atoms with Gasteiger partial charge in [0.2, 0.25) is 0 Å². The molecule has 0 spiro atoms. The van der Waals surface area contributed by atoms with Crippen LogP contribution in [0.25, 0.3) is 11.0 Å². The third-order valence-corrected chi connectivity index (χ3v) is 2.67. The topological polar surface area (TPSA) is 41.6 Å². The fourth-order valence-electron chi connectivity index (χ4n) is 1.68. The summed E-state index contributed by atoms with van der Waals surface area (Å²) in [4.78, 5) is 4.32. The first-order valence-electron chi connectivity index (χ1n) is 4.65. The minimum Gasteiger partial charge on any atom is -0.280 e. The Morgan fingerprint density at radius 2 is 2.31 bits per heavy atom. The standard InChI is InChI=1S/C10H11N3/c1-6-9-4-8(7-2-3-7)5-11-10(9)13-12-6/h4-5,7H,2-3H2,1H3,(H,11,12,13). The molecular formula is C10H11N3. The van der Waals surface area contributed by atoms with Crippen LogP contribution in [0.4, 0.5) is 0 Å². The van der Waals surface area contributed by atoms with Crippen molar-refractivity contribution >= 4 is 11.0 Å². The van der Waals surface area contributed by atoms with Gasteiger partial charge in [-0.15, -0.1) is 0 Å². The Bertz CT molecular complexity index is 454. The maximum absolute atomic E-state index is 4.32. The van der Waals surface area contributed by atoms with E-state index in [1.807, 2.05) is 13.1 Å². The summed E-state index contributed by atoms with van der Waals surface area (Å²) < 4.78 is 0. The first-order valence-corrected chi connectivity index (χ1v) is 4.65. The van der Waals surface area contributed by atoms with Crippen LogP contribution >= 0.6 is 0 Å². The molecule has 3 nitrogen and oxygen atoms in total. The van der Waals surface area contributed by atoms with E-state index in [-0.39, 0.29) is 0 Å². The second-order valence-corrected chi connectivity index (χ2v) is 3.76. The van der Waals surface area contributed by atoms with E-state index in [2.05, 4.69) is 21.2 Å². The SMILES string of the molecule is Cc1[nH]nc2ncc(C3CC3)cc12. The zero-order chi connectivity index (χ0) is 8.84. The van der Waals surface area contributed by atoms with Crippen molar-refractivity contribution in [1.82, 2.24) is 15.2 Å². The molecule has 1 saturated carbocycles. The maximum atomic E-state index is 4.32. The van der Waals surface area contributed by atoms with E-state index in [1.54, 1.807) is 0 Å². The molecule has 66 valence electrons. The molecule has 2 aromatic rings. The van der Waals surface area contributed by atoms with Gasteiger partial charge in [0, 0.05) is 17.3 Å². The summed E-state index contributed by atoms with van der Waals surface area (Å²) in [5, 5.41) is 8.22. The molecule has 0 unspecified atom stereocenters. The molecule has 2 aromatic heterocycles. The Morgan fingerprint density at radius 1 is 1.46 bits per heavy atom. The van der Waals surface area contributed by atoms with Crippen molar-refractivity contribution in [3.05, 3.63) is 23.5 Å². The molecule has 0 aliphatic heterocycles. The number of nitrogens with zero attached hydrogens (tertiary/aromatic N) is 2. The average molecular weight is 173 g/mol. The van der Waals surface area contributed by atoms with Crippen molar-refractivity contribution in [3.63, 3.8) is 0 Å². The summed E-state index contributed by atoms with van der Waals surface area (Å²) in [6.45, 7) is 2.04. The lowest BCUT2D eigenvalue weighted by molar-refractivity contribution is 1.05. The molecule has 0 saturated heterocycles. The number of rotatable bonds is 1. The molecule has 0 bridgehead atoms. The zero-order valence-electron chi connectivity index (χ0n) is 7.54. The number of hydrogen-bond donors (Lipinski definition) is 1. The molecule has 1 fully saturated rings. The molecule has 0 radical (unpaired) electrons. The van der Waals surface area contributed by atoms with Crippen molar-refractivity contribution in [2.24, 2.45) is 0 Å². The fourth-order valence-corrected chi connectivity index (χ4v) is 1.68. The van der Waals surface area contributed by atoms with E-state index in [0.717, 1.165) is 17.3 Å². The van der Waals surface area contributed by atoms with Crippen molar-refractivity contribution in [2.45, 2.75) is 25.7 Å². The molecule has 2 heterocycles. The quantitative estimate of drug-likeness (QED) is 0.717. The highest BCUT2D eigenvalue weighted by molar-refractivity contribution is 5.78. The summed E-state index contributed by atoms with van der Waals surface area (Å²) in [5.74, 6) is 0.770. The van der Waals surface area contributed by atoms with Crippen LogP contribution in [-0.2, 0) is 0 Å². The van der Waals surface area contributed by atoms with Crippen LogP contribution in [0.3, 0.4) is 0 Å². The summed E-state index contributed by atoms with van der Waals surface area (Å²) in [6, 6.07) is 2.22. The average Bonchev–Trinajstić information content (AvgIpc) is 2.93. The van der Waals surface area contributed by atoms with E-state index < -0.39 is 0 Å². The molecule has 1 aliphatic rings. The molecule has 0 atom stereocenters. The van der Waals surface area contributed by atoms with E-state index in [4.69, 9.17) is 0 Å². The Hall–Kier alpha value is -1.38. The van der Waals surface area contributed by atoms with Gasteiger partial charge in [-0.05, 0) is 37.3 Å². The van der Waals surface area contributed by atoms with E-state index in [0.29, 0.717) is 0 Å². The lowest BCUT2D eigenvalue weighted by atomic mass is 10.1. The predicted octanol–water partition coefficient (Wildman–Crippen LogP) is 2.14. The third-order valence-electron chi connectivity index (χ3n) is 2.67. The van der Waals surface area contributed by atoms with Crippen LogP contribution < -0.4 is 0 Å². The van der Waals surface area contributed by atoms with Crippen molar-refractivity contribution < 1.29 is 0 Å². The molecule has 3 heteroatoms. The summed E-state index contributed by atoms with van der Waals surface area (Å²) in [6.07, 6.45) is 4.61. The zero-order valence-corrected chi connectivity index (χ0v) is 7.54. The Labute approximate surface area is 76.2 Å². The van der Waals surface area contributed by atoms with Crippen molar-refractivity contribution in [3.8, 4) is 0 Å². The highest BCUT2D eigenvalue weighted by atomic mass is 15.1. The first kappa shape index (κ1) is 7.06. The summed E-state index contributed by atoms with van der Waals surface area (Å²) >= 11 is 0. The smallest absolute Gasteiger partial charge is 0.181 e. The van der Waals surface area contributed by atoms with Gasteiger partial charge in [-0.1, -0.05) is 0 Å². The second-order valence-electron chi connectivity index (χ2n) is 3.76. The van der Waals surface area contributed by atoms with Crippen LogP contribution in [0.1, 0.15) is 30.0 Å². The van der Waals surface area contributed by atoms with Gasteiger partial charge in [0.15, 0.2) is 5.65 Å². The summed E-state index contributed by atoms with van der Waals surface area (Å²) in [7, 11) is 0. The lowest BCUT2D eigenvalue weighted by Gasteiger charge is -1.96. The largest absolute Gasteiger partial charge is 0.280 e. The number of nitrogens with one attached hydrogen (secondary N) is 1. The van der Waals surface area contributed by atoms with Gasteiger partial charge >= 0.3 is 0 Å². The minimum atomic E-state index is 0.770. The molecule has 0 aromatic carbocycles. The highest BCUT2D eigenvalue weighted by Gasteiger charge is 2.24. The molecule has 1 aliphatic carbocycles. The van der Waals surface area contributed by atoms with Crippen LogP contribution in [0.2, 0.25) is 0 Å². The van der Waals surface area contributed by atoms with Gasteiger partial charge in [-0.3, -0.25) is 5.10 Å². The van der Waals surface area contributed by atoms with Gasteiger partial charge in [-0.25, -0.2) is 4.98 Å². The molecule has 13 heavy (non-hydrogen) atoms. The van der Waals surface area contributed by atoms with Crippen LogP contribution in [0, 0.1) is 6.92 Å². The Morgan fingerprint density at radius 3 is 3.08 bits per heavy atom. The number of aromatic nitrogens is 3. The Kier molecular flexibility index (Phi) is 1.26. The Balaban J connectivity index is 2.24. The van der Waals surface area contributed by atoms with E-state index in [1.165, 1.54) is 23.8 Å². The van der Waals surface area contributed by atoms with Gasteiger partial charge in [0.1, 0.15) is 0 Å². The highest BCUT2D eigenvalue weighted by Crippen LogP contribution is 2.40. The predicted molar refractivity (Wildman–Crippen MR) is 50.6 cm³/mol. The van der Waals surface area contributed by atoms with Crippen molar-refractivity contribution in [1.29, 1.82) is 0 Å². The minimum absolute atomic E-state index is 0.770. The van der Waals surface area contributed by atoms with Gasteiger partial charge in [0.25, 0.3) is 0 Å². The van der Waals surface area contributed by atoms with Crippen LogP contribution in [-0.4, -0.2) is 15.2 Å². The number of aromatic amines is 1. The second kappa shape index (κ2) is 2.31. The van der Waals surface area contributed by atoms with Gasteiger partial charge < -0.3 is 0 Å². The van der Waals surface area contributed by atoms with Crippen molar-refractivity contribution in [2.75, 3.05) is 0 Å². The number of hydrogen-bond acceptors (Lipinski definition) is 2. The van der Waals surface area contributed by atoms with Crippen LogP contribution in [0.5, 0.6) is 0 Å². The fraction of sp³-hybridized carbons (Fsp3) is 0.400. The lowest BCUT2D eigenvalue weighted by Crippen LogP contribution is -1.83. The van der Waals surface area contributed by atoms with E-state index in [9.17, 15) is 0 Å². The normalized spacial score (nSPS) is 16.7. The van der Waals surface area contributed by atoms with Crippen LogP contribution in [0.15, 0.2) is 12.3 Å². The molecular weight excluding hydrogens is 162 g/mol. The third kappa shape index (κ3) is 1.03. The van der Waals surface area contributed by atoms with Gasteiger partial charge in [-0.2, -0.15) is 5.10 Å². The molecule has 1 N–H and O–H groups in total. The van der Waals surface area contributed by atoms with Gasteiger partial charge in [0.05, 0.1) is 0 Å².